The number of amides is 1. The van der Waals surface area contributed by atoms with Gasteiger partial charge in [0, 0.05) is 12.6 Å². The Bertz CT molecular complexity index is 714. The lowest BCUT2D eigenvalue weighted by molar-refractivity contribution is -0.135. The van der Waals surface area contributed by atoms with Gasteiger partial charge in [0.25, 0.3) is 5.82 Å². The van der Waals surface area contributed by atoms with Gasteiger partial charge in [-0.05, 0) is 31.2 Å². The van der Waals surface area contributed by atoms with E-state index < -0.39 is 0 Å². The van der Waals surface area contributed by atoms with E-state index in [0.717, 1.165) is 5.56 Å². The Labute approximate surface area is 135 Å². The Morgan fingerprint density at radius 1 is 1.43 bits per heavy atom. The molecule has 1 aliphatic rings. The first-order valence-corrected chi connectivity index (χ1v) is 7.80. The van der Waals surface area contributed by atoms with Crippen LogP contribution in [0, 0.1) is 17.2 Å². The maximum Gasteiger partial charge on any atom is 0.252 e. The van der Waals surface area contributed by atoms with Gasteiger partial charge in [-0.25, -0.2) is 9.67 Å². The zero-order valence-corrected chi connectivity index (χ0v) is 13.1. The van der Waals surface area contributed by atoms with Crippen molar-refractivity contribution >= 4 is 5.91 Å². The number of nitrogens with zero attached hydrogens (tertiary/aromatic N) is 5. The molecule has 0 radical (unpaired) electrons. The molecule has 0 saturated heterocycles. The van der Waals surface area contributed by atoms with Crippen molar-refractivity contribution < 1.29 is 4.79 Å². The average Bonchev–Trinajstić information content (AvgIpc) is 3.33. The third kappa shape index (κ3) is 3.75. The van der Waals surface area contributed by atoms with E-state index in [4.69, 9.17) is 5.26 Å². The molecule has 0 N–H and O–H groups in total. The maximum absolute atomic E-state index is 12.7. The summed E-state index contributed by atoms with van der Waals surface area (Å²) in [6, 6.07) is 12.1. The van der Waals surface area contributed by atoms with Gasteiger partial charge in [-0.2, -0.15) is 5.26 Å². The van der Waals surface area contributed by atoms with Crippen molar-refractivity contribution in [1.82, 2.24) is 19.7 Å². The van der Waals surface area contributed by atoms with Crippen molar-refractivity contribution in [2.75, 3.05) is 0 Å². The van der Waals surface area contributed by atoms with Gasteiger partial charge in [-0.3, -0.25) is 4.79 Å². The summed E-state index contributed by atoms with van der Waals surface area (Å²) < 4.78 is 1.43. The molecular weight excluding hydrogens is 290 g/mol. The lowest BCUT2D eigenvalue weighted by Crippen LogP contribution is -2.41. The minimum atomic E-state index is 0.00245. The Morgan fingerprint density at radius 2 is 2.17 bits per heavy atom. The van der Waals surface area contributed by atoms with Crippen LogP contribution in [0.3, 0.4) is 0 Å². The highest BCUT2D eigenvalue weighted by molar-refractivity contribution is 5.76. The highest BCUT2D eigenvalue weighted by atomic mass is 16.2. The Morgan fingerprint density at radius 3 is 2.78 bits per heavy atom. The molecule has 1 aromatic heterocycles. The summed E-state index contributed by atoms with van der Waals surface area (Å²) in [7, 11) is 0. The summed E-state index contributed by atoms with van der Waals surface area (Å²) in [6.07, 6.45) is 3.79. The second-order valence-corrected chi connectivity index (χ2v) is 5.96. The highest BCUT2D eigenvalue weighted by Gasteiger charge is 2.34. The van der Waals surface area contributed by atoms with Crippen LogP contribution in [0.1, 0.15) is 31.2 Å². The third-order valence-corrected chi connectivity index (χ3v) is 4.25. The van der Waals surface area contributed by atoms with E-state index >= 15 is 0 Å². The molecule has 0 bridgehead atoms. The Kier molecular flexibility index (Phi) is 4.38. The van der Waals surface area contributed by atoms with Crippen LogP contribution in [0.15, 0.2) is 36.7 Å². The van der Waals surface area contributed by atoms with E-state index in [0.29, 0.717) is 12.5 Å². The van der Waals surface area contributed by atoms with E-state index in [9.17, 15) is 4.79 Å². The molecule has 6 heteroatoms. The van der Waals surface area contributed by atoms with E-state index in [1.165, 1.54) is 23.9 Å². The van der Waals surface area contributed by atoms with Crippen molar-refractivity contribution in [3.8, 4) is 6.07 Å². The van der Waals surface area contributed by atoms with Crippen LogP contribution in [0.2, 0.25) is 0 Å². The first-order chi connectivity index (χ1) is 11.2. The number of hydrogen-bond donors (Lipinski definition) is 0. The van der Waals surface area contributed by atoms with Crippen LogP contribution in [0.5, 0.6) is 0 Å². The SMILES string of the molecule is C[C@@H](C1CC1)N(Cc1ccccc1)C(=O)Cn1cnc(C#N)n1. The molecule has 1 aliphatic carbocycles. The monoisotopic (exact) mass is 309 g/mol. The molecule has 0 spiro atoms. The fourth-order valence-electron chi connectivity index (χ4n) is 2.72. The van der Waals surface area contributed by atoms with Crippen molar-refractivity contribution in [1.29, 1.82) is 5.26 Å². The molecule has 0 unspecified atom stereocenters. The van der Waals surface area contributed by atoms with Crippen LogP contribution in [-0.4, -0.2) is 31.6 Å². The highest BCUT2D eigenvalue weighted by Crippen LogP contribution is 2.35. The van der Waals surface area contributed by atoms with Gasteiger partial charge in [0.1, 0.15) is 18.9 Å². The molecule has 1 atom stereocenters. The molecule has 1 fully saturated rings. The lowest BCUT2D eigenvalue weighted by Gasteiger charge is -2.29. The fraction of sp³-hybridized carbons (Fsp3) is 0.412. The van der Waals surface area contributed by atoms with E-state index in [-0.39, 0.29) is 24.3 Å². The van der Waals surface area contributed by atoms with Crippen molar-refractivity contribution in [3.05, 3.63) is 48.0 Å². The second-order valence-electron chi connectivity index (χ2n) is 5.96. The third-order valence-electron chi connectivity index (χ3n) is 4.25. The van der Waals surface area contributed by atoms with Gasteiger partial charge in [-0.1, -0.05) is 30.3 Å². The minimum Gasteiger partial charge on any atom is -0.334 e. The van der Waals surface area contributed by atoms with E-state index in [1.807, 2.05) is 41.3 Å². The molecule has 1 amide bonds. The van der Waals surface area contributed by atoms with Crippen molar-refractivity contribution in [2.24, 2.45) is 5.92 Å². The molecule has 3 rings (SSSR count). The molecule has 6 nitrogen and oxygen atoms in total. The van der Waals surface area contributed by atoms with Gasteiger partial charge in [0.2, 0.25) is 5.91 Å². The zero-order valence-electron chi connectivity index (χ0n) is 13.1. The normalized spacial score (nSPS) is 15.0. The summed E-state index contributed by atoms with van der Waals surface area (Å²) in [5, 5.41) is 12.7. The van der Waals surface area contributed by atoms with Crippen LogP contribution in [-0.2, 0) is 17.9 Å². The molecule has 1 heterocycles. The molecule has 2 aromatic rings. The van der Waals surface area contributed by atoms with Gasteiger partial charge in [0.05, 0.1) is 0 Å². The molecule has 0 aliphatic heterocycles. The summed E-state index contributed by atoms with van der Waals surface area (Å²) in [6.45, 7) is 2.82. The topological polar surface area (TPSA) is 74.8 Å². The lowest BCUT2D eigenvalue weighted by atomic mass is 10.1. The first kappa shape index (κ1) is 15.2. The number of aromatic nitrogens is 3. The maximum atomic E-state index is 12.7. The first-order valence-electron chi connectivity index (χ1n) is 7.80. The summed E-state index contributed by atoms with van der Waals surface area (Å²) in [4.78, 5) is 18.5. The van der Waals surface area contributed by atoms with Crippen LogP contribution < -0.4 is 0 Å². The second kappa shape index (κ2) is 6.61. The number of hydrogen-bond acceptors (Lipinski definition) is 4. The van der Waals surface area contributed by atoms with Crippen molar-refractivity contribution in [3.63, 3.8) is 0 Å². The number of carbonyl (C=O) groups is 1. The fourth-order valence-corrected chi connectivity index (χ4v) is 2.72. The summed E-state index contributed by atoms with van der Waals surface area (Å²) in [5.41, 5.74) is 1.12. The molecular formula is C17H19N5O. The predicted molar refractivity (Wildman–Crippen MR) is 83.9 cm³/mol. The number of benzene rings is 1. The summed E-state index contributed by atoms with van der Waals surface area (Å²) in [5.74, 6) is 0.679. The number of carbonyl (C=O) groups excluding carboxylic acids is 1. The van der Waals surface area contributed by atoms with Gasteiger partial charge in [-0.15, -0.1) is 5.10 Å². The molecule has 23 heavy (non-hydrogen) atoms. The Balaban J connectivity index is 1.74. The average molecular weight is 309 g/mol. The largest absolute Gasteiger partial charge is 0.334 e. The quantitative estimate of drug-likeness (QED) is 0.817. The van der Waals surface area contributed by atoms with E-state index in [2.05, 4.69) is 17.0 Å². The summed E-state index contributed by atoms with van der Waals surface area (Å²) >= 11 is 0. The van der Waals surface area contributed by atoms with Crippen LogP contribution >= 0.6 is 0 Å². The smallest absolute Gasteiger partial charge is 0.252 e. The van der Waals surface area contributed by atoms with Crippen molar-refractivity contribution in [2.45, 2.75) is 38.9 Å². The van der Waals surface area contributed by atoms with Crippen LogP contribution in [0.4, 0.5) is 0 Å². The Hall–Kier alpha value is -2.68. The standard InChI is InChI=1S/C17H19N5O/c1-13(15-7-8-15)22(10-14-5-3-2-4-6-14)17(23)11-21-12-19-16(9-18)20-21/h2-6,12-13,15H,7-8,10-11H2,1H3/t13-/m0/s1. The predicted octanol–water partition coefficient (Wildman–Crippen LogP) is 1.98. The van der Waals surface area contributed by atoms with Gasteiger partial charge in [0.15, 0.2) is 0 Å². The van der Waals surface area contributed by atoms with Crippen LogP contribution in [0.25, 0.3) is 0 Å². The van der Waals surface area contributed by atoms with Gasteiger partial charge >= 0.3 is 0 Å². The molecule has 1 saturated carbocycles. The van der Waals surface area contributed by atoms with Gasteiger partial charge < -0.3 is 4.90 Å². The molecule has 1 aromatic carbocycles. The zero-order chi connectivity index (χ0) is 16.2. The van der Waals surface area contributed by atoms with E-state index in [1.54, 1.807) is 0 Å². The number of rotatable bonds is 6. The molecule has 118 valence electrons. The minimum absolute atomic E-state index is 0.00245. The number of nitriles is 1.